The Morgan fingerprint density at radius 3 is 1.38 bits per heavy atom. The van der Waals surface area contributed by atoms with Crippen LogP contribution >= 0.6 is 11.3 Å². The van der Waals surface area contributed by atoms with E-state index in [1.165, 1.54) is 54.3 Å². The smallest absolute Gasteiger partial charge is 0.112 e. The zero-order chi connectivity index (χ0) is 38.1. The molecule has 0 saturated heterocycles. The number of imidazole rings is 2. The summed E-state index contributed by atoms with van der Waals surface area (Å²) >= 11 is 1.84. The third-order valence-electron chi connectivity index (χ3n) is 10.1. The standard InChI is InChI=1S/C26H28N2.C23H24N2S.2CH4/c1-17(2)18-6-8-19(9-7-18)20-10-12-21(13-11-20)22-14-15-23-24(16-22)28-25(27-23)26(3,4)5;1-14(2)16-5-7-17(8-6-16)21-11-12-22(26-21)18-9-10-19-20(13-18)25-23(24-19)15(3)4;;/h6-17H,1-5H3,(H,27,28);5-15H,1-4H3,(H,24,25);2*1H4. The summed E-state index contributed by atoms with van der Waals surface area (Å²) in [6.07, 6.45) is 0. The maximum Gasteiger partial charge on any atom is 0.112 e. The highest BCUT2D eigenvalue weighted by Crippen LogP contribution is 2.36. The molecule has 0 bridgehead atoms. The lowest BCUT2D eigenvalue weighted by Gasteiger charge is -2.13. The van der Waals surface area contributed by atoms with Crippen molar-refractivity contribution < 1.29 is 0 Å². The molecule has 8 rings (SSSR count). The molecule has 0 aliphatic rings. The summed E-state index contributed by atoms with van der Waals surface area (Å²) in [5, 5.41) is 0. The first-order chi connectivity index (χ1) is 25.8. The molecule has 0 saturated carbocycles. The minimum Gasteiger partial charge on any atom is -0.342 e. The number of nitrogens with zero attached hydrogens (tertiary/aromatic N) is 2. The zero-order valence-electron chi connectivity index (χ0n) is 33.1. The van der Waals surface area contributed by atoms with Gasteiger partial charge in [-0.3, -0.25) is 0 Å². The maximum absolute atomic E-state index is 4.74. The van der Waals surface area contributed by atoms with Crippen LogP contribution in [0.3, 0.4) is 0 Å². The predicted octanol–water partition coefficient (Wildman–Crippen LogP) is 15.8. The Hall–Kier alpha value is -5.26. The van der Waals surface area contributed by atoms with Gasteiger partial charge in [0, 0.05) is 21.1 Å². The second kappa shape index (κ2) is 17.3. The first-order valence-electron chi connectivity index (χ1n) is 19.2. The monoisotopic (exact) mass is 760 g/mol. The molecule has 5 aromatic carbocycles. The molecule has 0 aliphatic heterocycles. The Morgan fingerprint density at radius 1 is 0.446 bits per heavy atom. The van der Waals surface area contributed by atoms with E-state index in [9.17, 15) is 0 Å². The van der Waals surface area contributed by atoms with Gasteiger partial charge in [0.25, 0.3) is 0 Å². The quantitative estimate of drug-likeness (QED) is 0.170. The fourth-order valence-electron chi connectivity index (χ4n) is 6.60. The summed E-state index contributed by atoms with van der Waals surface area (Å²) in [5.41, 5.74) is 14.5. The zero-order valence-corrected chi connectivity index (χ0v) is 33.9. The van der Waals surface area contributed by atoms with Gasteiger partial charge >= 0.3 is 0 Å². The van der Waals surface area contributed by atoms with Crippen LogP contribution in [-0.2, 0) is 5.41 Å². The first kappa shape index (κ1) is 41.9. The van der Waals surface area contributed by atoms with Gasteiger partial charge < -0.3 is 9.97 Å². The fraction of sp³-hybridized carbons (Fsp3) is 0.294. The van der Waals surface area contributed by atoms with E-state index in [0.717, 1.165) is 33.7 Å². The summed E-state index contributed by atoms with van der Waals surface area (Å²) in [4.78, 5) is 18.9. The Bertz CT molecular complexity index is 2480. The Balaban J connectivity index is 0.000000207. The van der Waals surface area contributed by atoms with E-state index in [0.29, 0.717) is 17.8 Å². The molecule has 0 unspecified atom stereocenters. The van der Waals surface area contributed by atoms with E-state index in [2.05, 4.69) is 199 Å². The molecule has 2 N–H and O–H groups in total. The van der Waals surface area contributed by atoms with Gasteiger partial charge in [0.05, 0.1) is 22.1 Å². The molecule has 3 aromatic heterocycles. The average molecular weight is 761 g/mol. The molecule has 56 heavy (non-hydrogen) atoms. The molecule has 290 valence electrons. The van der Waals surface area contributed by atoms with Crippen molar-refractivity contribution in [1.29, 1.82) is 0 Å². The van der Waals surface area contributed by atoms with Gasteiger partial charge in [0.15, 0.2) is 0 Å². The third-order valence-corrected chi connectivity index (χ3v) is 11.3. The predicted molar refractivity (Wildman–Crippen MR) is 246 cm³/mol. The normalized spacial score (nSPS) is 11.5. The van der Waals surface area contributed by atoms with Gasteiger partial charge in [0.1, 0.15) is 11.6 Å². The van der Waals surface area contributed by atoms with Crippen molar-refractivity contribution in [3.63, 3.8) is 0 Å². The Kier molecular flexibility index (Phi) is 12.9. The molecule has 0 atom stereocenters. The first-order valence-corrected chi connectivity index (χ1v) is 20.1. The van der Waals surface area contributed by atoms with Crippen LogP contribution in [0.15, 0.2) is 121 Å². The van der Waals surface area contributed by atoms with Crippen LogP contribution in [0.25, 0.3) is 65.2 Å². The highest BCUT2D eigenvalue weighted by atomic mass is 32.1. The van der Waals surface area contributed by atoms with Crippen molar-refractivity contribution in [1.82, 2.24) is 19.9 Å². The van der Waals surface area contributed by atoms with Crippen LogP contribution in [0.1, 0.15) is 118 Å². The molecule has 0 radical (unpaired) electrons. The van der Waals surface area contributed by atoms with Crippen molar-refractivity contribution in [2.75, 3.05) is 0 Å². The second-order valence-electron chi connectivity index (χ2n) is 16.4. The van der Waals surface area contributed by atoms with Gasteiger partial charge in [-0.1, -0.05) is 162 Å². The number of fused-ring (bicyclic) bond motifs is 2. The van der Waals surface area contributed by atoms with Crippen molar-refractivity contribution in [2.24, 2.45) is 0 Å². The number of benzene rings is 5. The highest BCUT2D eigenvalue weighted by Gasteiger charge is 2.18. The lowest BCUT2D eigenvalue weighted by atomic mass is 9.96. The van der Waals surface area contributed by atoms with Crippen LogP contribution < -0.4 is 0 Å². The van der Waals surface area contributed by atoms with Gasteiger partial charge in [-0.05, 0) is 92.7 Å². The largest absolute Gasteiger partial charge is 0.342 e. The number of nitrogens with one attached hydrogen (secondary N) is 2. The van der Waals surface area contributed by atoms with Crippen LogP contribution in [-0.4, -0.2) is 19.9 Å². The molecular weight excluding hydrogens is 701 g/mol. The van der Waals surface area contributed by atoms with E-state index in [4.69, 9.17) is 4.98 Å². The minimum atomic E-state index is 0. The Labute approximate surface area is 339 Å². The van der Waals surface area contributed by atoms with Crippen molar-refractivity contribution in [3.8, 4) is 43.1 Å². The molecule has 0 aliphatic carbocycles. The molecular formula is C51H60N4S. The highest BCUT2D eigenvalue weighted by molar-refractivity contribution is 7.18. The average Bonchev–Trinajstić information content (AvgIpc) is 3.94. The van der Waals surface area contributed by atoms with E-state index >= 15 is 0 Å². The lowest BCUT2D eigenvalue weighted by Crippen LogP contribution is -2.12. The van der Waals surface area contributed by atoms with Gasteiger partial charge in [-0.15, -0.1) is 11.3 Å². The second-order valence-corrected chi connectivity index (χ2v) is 17.5. The van der Waals surface area contributed by atoms with Crippen LogP contribution in [0.2, 0.25) is 0 Å². The molecule has 8 aromatic rings. The molecule has 3 heterocycles. The summed E-state index contributed by atoms with van der Waals surface area (Å²) in [6, 6.07) is 44.1. The topological polar surface area (TPSA) is 57.4 Å². The number of H-pyrrole nitrogens is 2. The molecule has 5 heteroatoms. The van der Waals surface area contributed by atoms with Crippen molar-refractivity contribution >= 4 is 33.4 Å². The van der Waals surface area contributed by atoms with Gasteiger partial charge in [0.2, 0.25) is 0 Å². The number of aromatic amines is 2. The lowest BCUT2D eigenvalue weighted by molar-refractivity contribution is 0.554. The third kappa shape index (κ3) is 9.22. The van der Waals surface area contributed by atoms with E-state index in [1.807, 2.05) is 11.3 Å². The number of aromatic nitrogens is 4. The van der Waals surface area contributed by atoms with Crippen LogP contribution in [0.4, 0.5) is 0 Å². The summed E-state index contributed by atoms with van der Waals surface area (Å²) in [6.45, 7) is 19.8. The minimum absolute atomic E-state index is 0. The SMILES string of the molecule is C.C.CC(C)c1ccc(-c2ccc(-c3ccc4nc(C(C)(C)C)[nH]c4c3)cc2)cc1.CC(C)c1ccc(-c2ccc(-c3ccc4nc(C(C)C)[nH]c4c3)s2)cc1. The fourth-order valence-corrected chi connectivity index (χ4v) is 7.60. The van der Waals surface area contributed by atoms with Gasteiger partial charge in [-0.2, -0.15) is 0 Å². The van der Waals surface area contributed by atoms with Gasteiger partial charge in [-0.25, -0.2) is 9.97 Å². The van der Waals surface area contributed by atoms with Crippen molar-refractivity contribution in [2.45, 2.75) is 100 Å². The number of thiophene rings is 1. The van der Waals surface area contributed by atoms with E-state index in [1.54, 1.807) is 0 Å². The molecule has 4 nitrogen and oxygen atoms in total. The van der Waals surface area contributed by atoms with Crippen LogP contribution in [0.5, 0.6) is 0 Å². The molecule has 0 fully saturated rings. The Morgan fingerprint density at radius 2 is 0.857 bits per heavy atom. The molecule has 0 spiro atoms. The summed E-state index contributed by atoms with van der Waals surface area (Å²) in [5.74, 6) is 3.62. The molecule has 0 amide bonds. The number of hydrogen-bond acceptors (Lipinski definition) is 3. The van der Waals surface area contributed by atoms with E-state index in [-0.39, 0.29) is 20.3 Å². The van der Waals surface area contributed by atoms with Crippen molar-refractivity contribution in [3.05, 3.63) is 144 Å². The number of hydrogen-bond donors (Lipinski definition) is 2. The number of rotatable bonds is 7. The maximum atomic E-state index is 4.74. The summed E-state index contributed by atoms with van der Waals surface area (Å²) < 4.78 is 0. The van der Waals surface area contributed by atoms with E-state index < -0.39 is 0 Å². The van der Waals surface area contributed by atoms with Crippen LogP contribution in [0, 0.1) is 0 Å². The summed E-state index contributed by atoms with van der Waals surface area (Å²) in [7, 11) is 0.